The average Bonchev–Trinajstić information content (AvgIpc) is 3.92. The second-order valence-corrected chi connectivity index (χ2v) is 21.0. The number of sulfonamides is 2. The first-order valence-electron chi connectivity index (χ1n) is 18.6. The van der Waals surface area contributed by atoms with E-state index in [0.29, 0.717) is 37.3 Å². The zero-order valence-corrected chi connectivity index (χ0v) is 34.1. The van der Waals surface area contributed by atoms with Crippen molar-refractivity contribution in [1.82, 2.24) is 9.55 Å². The minimum Gasteiger partial charge on any atom is -0.397 e. The van der Waals surface area contributed by atoms with Gasteiger partial charge in [-0.05, 0) is 96.8 Å². The molecule has 53 heavy (non-hydrogen) atoms. The smallest absolute Gasteiger partial charge is 0.271 e. The highest BCUT2D eigenvalue weighted by molar-refractivity contribution is 7.95. The maximum absolute atomic E-state index is 12.6. The monoisotopic (exact) mass is 796 g/mol. The van der Waals surface area contributed by atoms with Gasteiger partial charge in [0.25, 0.3) is 20.0 Å². The van der Waals surface area contributed by atoms with Crippen molar-refractivity contribution in [3.8, 4) is 0 Å². The molecular formula is C39H52N6O4S4. The molecule has 286 valence electrons. The number of rotatable bonds is 11. The Morgan fingerprint density at radius 3 is 1.83 bits per heavy atom. The van der Waals surface area contributed by atoms with Crippen LogP contribution in [0.5, 0.6) is 0 Å². The zero-order chi connectivity index (χ0) is 37.6. The van der Waals surface area contributed by atoms with Crippen molar-refractivity contribution >= 4 is 76.5 Å². The molecule has 10 nitrogen and oxygen atoms in total. The van der Waals surface area contributed by atoms with Crippen molar-refractivity contribution in [1.29, 1.82) is 0 Å². The molecule has 5 N–H and O–H groups in total. The molecule has 0 amide bonds. The Balaban J connectivity index is 0.000000185. The van der Waals surface area contributed by atoms with Gasteiger partial charge in [-0.3, -0.25) is 9.44 Å². The van der Waals surface area contributed by atoms with E-state index < -0.39 is 20.0 Å². The van der Waals surface area contributed by atoms with Crippen LogP contribution in [-0.2, 0) is 32.0 Å². The highest BCUT2D eigenvalue weighted by Crippen LogP contribution is 2.33. The number of benzene rings is 2. The first kappa shape index (κ1) is 39.1. The van der Waals surface area contributed by atoms with E-state index in [4.69, 9.17) is 10.7 Å². The van der Waals surface area contributed by atoms with Crippen LogP contribution in [0.1, 0.15) is 90.8 Å². The molecule has 0 aliphatic heterocycles. The summed E-state index contributed by atoms with van der Waals surface area (Å²) in [5, 5.41) is 6.90. The minimum atomic E-state index is -3.56. The van der Waals surface area contributed by atoms with Crippen molar-refractivity contribution in [2.24, 2.45) is 11.8 Å². The largest absolute Gasteiger partial charge is 0.397 e. The van der Waals surface area contributed by atoms with Crippen LogP contribution in [0.25, 0.3) is 11.0 Å². The number of imidazole rings is 1. The number of thiophene rings is 2. The molecule has 0 bridgehead atoms. The molecule has 2 aromatic carbocycles. The standard InChI is InChI=1S/C22H29N3O2S2.C17H23N3O2S2/c1-22(2,3)21-23-18-14-17(24-29(26,27)20-10-7-13-28-20)11-12-19(18)25(21)15-16-8-5-4-6-9-16;18-15-11-14(20-24(21,22)17-7-4-10-23-17)8-9-16(15)19-12-13-5-2-1-3-6-13/h7,10-14,16,24H,4-6,8-9,15H2,1-3H3;4,7-11,13,19-20H,1-3,5-6,12,18H2. The molecule has 0 atom stereocenters. The van der Waals surface area contributed by atoms with Crippen molar-refractivity contribution in [3.05, 3.63) is 77.2 Å². The van der Waals surface area contributed by atoms with Crippen LogP contribution in [0.15, 0.2) is 79.8 Å². The molecule has 3 heterocycles. The first-order chi connectivity index (χ1) is 25.3. The van der Waals surface area contributed by atoms with Gasteiger partial charge in [-0.2, -0.15) is 0 Å². The van der Waals surface area contributed by atoms with Gasteiger partial charge in [-0.25, -0.2) is 21.8 Å². The molecule has 14 heteroatoms. The lowest BCUT2D eigenvalue weighted by Crippen LogP contribution is -2.22. The zero-order valence-electron chi connectivity index (χ0n) is 30.8. The number of fused-ring (bicyclic) bond motifs is 1. The lowest BCUT2D eigenvalue weighted by atomic mass is 9.88. The Morgan fingerprint density at radius 2 is 1.30 bits per heavy atom. The number of nitrogens with one attached hydrogen (secondary N) is 3. The molecule has 2 aliphatic carbocycles. The van der Waals surface area contributed by atoms with Crippen molar-refractivity contribution in [3.63, 3.8) is 0 Å². The SMILES string of the molecule is CC(C)(C)c1nc2cc(NS(=O)(=O)c3cccs3)ccc2n1CC1CCCCC1.Nc1cc(NS(=O)(=O)c2cccs2)ccc1NCC1CCCCC1. The number of nitrogens with two attached hydrogens (primary N) is 1. The van der Waals surface area contributed by atoms with Gasteiger partial charge in [0.2, 0.25) is 0 Å². The third-order valence-corrected chi connectivity index (χ3v) is 15.5. The highest BCUT2D eigenvalue weighted by atomic mass is 32.3. The van der Waals surface area contributed by atoms with Gasteiger partial charge < -0.3 is 15.6 Å². The average molecular weight is 797 g/mol. The number of anilines is 4. The van der Waals surface area contributed by atoms with E-state index in [1.807, 2.05) is 24.3 Å². The number of aromatic nitrogens is 2. The summed E-state index contributed by atoms with van der Waals surface area (Å²) >= 11 is 2.40. The van der Waals surface area contributed by atoms with Crippen LogP contribution in [0.3, 0.4) is 0 Å². The molecule has 2 fully saturated rings. The molecule has 3 aromatic heterocycles. The fourth-order valence-electron chi connectivity index (χ4n) is 7.26. The predicted molar refractivity (Wildman–Crippen MR) is 221 cm³/mol. The number of nitrogen functional groups attached to an aromatic ring is 1. The van der Waals surface area contributed by atoms with Crippen molar-refractivity contribution in [2.45, 2.75) is 105 Å². The van der Waals surface area contributed by atoms with Crippen LogP contribution in [-0.4, -0.2) is 32.9 Å². The quantitative estimate of drug-likeness (QED) is 0.0973. The van der Waals surface area contributed by atoms with Gasteiger partial charge in [-0.1, -0.05) is 71.4 Å². The lowest BCUT2D eigenvalue weighted by Gasteiger charge is -2.26. The summed E-state index contributed by atoms with van der Waals surface area (Å²) in [6.45, 7) is 8.47. The molecule has 2 saturated carbocycles. The second-order valence-electron chi connectivity index (χ2n) is 15.3. The number of hydrogen-bond acceptors (Lipinski definition) is 9. The van der Waals surface area contributed by atoms with Gasteiger partial charge in [0.1, 0.15) is 14.2 Å². The van der Waals surface area contributed by atoms with Gasteiger partial charge in [0.05, 0.1) is 33.8 Å². The minimum absolute atomic E-state index is 0.0790. The summed E-state index contributed by atoms with van der Waals surface area (Å²) in [4.78, 5) is 4.93. The number of nitrogens with zero attached hydrogens (tertiary/aromatic N) is 2. The Kier molecular flexibility index (Phi) is 12.4. The van der Waals surface area contributed by atoms with Gasteiger partial charge in [0.15, 0.2) is 0 Å². The normalized spacial score (nSPS) is 16.2. The van der Waals surface area contributed by atoms with E-state index in [0.717, 1.165) is 35.6 Å². The maximum Gasteiger partial charge on any atom is 0.271 e. The first-order valence-corrected chi connectivity index (χ1v) is 23.3. The van der Waals surface area contributed by atoms with E-state index in [9.17, 15) is 16.8 Å². The van der Waals surface area contributed by atoms with Crippen LogP contribution < -0.4 is 20.5 Å². The van der Waals surface area contributed by atoms with Gasteiger partial charge >= 0.3 is 0 Å². The van der Waals surface area contributed by atoms with E-state index >= 15 is 0 Å². The van der Waals surface area contributed by atoms with Crippen LogP contribution in [0, 0.1) is 11.8 Å². The summed E-state index contributed by atoms with van der Waals surface area (Å²) in [5.74, 6) is 2.46. The fraction of sp³-hybridized carbons (Fsp3) is 0.462. The van der Waals surface area contributed by atoms with Gasteiger partial charge in [0, 0.05) is 18.5 Å². The predicted octanol–water partition coefficient (Wildman–Crippen LogP) is 9.90. The third-order valence-electron chi connectivity index (χ3n) is 9.97. The Labute approximate surface area is 322 Å². The number of hydrogen-bond donors (Lipinski definition) is 4. The van der Waals surface area contributed by atoms with Crippen LogP contribution in [0.2, 0.25) is 0 Å². The molecule has 0 spiro atoms. The summed E-state index contributed by atoms with van der Waals surface area (Å²) in [7, 11) is -7.10. The molecule has 0 saturated heterocycles. The van der Waals surface area contributed by atoms with E-state index in [2.05, 4.69) is 40.1 Å². The van der Waals surface area contributed by atoms with E-state index in [1.54, 1.807) is 47.2 Å². The summed E-state index contributed by atoms with van der Waals surface area (Å²) in [5.41, 5.74) is 10.4. The van der Waals surface area contributed by atoms with Crippen LogP contribution in [0.4, 0.5) is 22.7 Å². The molecule has 0 radical (unpaired) electrons. The van der Waals surface area contributed by atoms with E-state index in [1.165, 1.54) is 86.9 Å². The van der Waals surface area contributed by atoms with Crippen molar-refractivity contribution in [2.75, 3.05) is 27.0 Å². The Hall–Kier alpha value is -3.59. The fourth-order valence-corrected chi connectivity index (χ4v) is 11.3. The maximum atomic E-state index is 12.6. The lowest BCUT2D eigenvalue weighted by molar-refractivity contribution is 0.313. The molecular weight excluding hydrogens is 745 g/mol. The Bertz CT molecular complexity index is 2160. The Morgan fingerprint density at radius 1 is 0.755 bits per heavy atom. The third kappa shape index (κ3) is 10.1. The molecule has 7 rings (SSSR count). The molecule has 2 aliphatic rings. The molecule has 5 aromatic rings. The van der Waals surface area contributed by atoms with E-state index in [-0.39, 0.29) is 5.41 Å². The van der Waals surface area contributed by atoms with Crippen molar-refractivity contribution < 1.29 is 16.8 Å². The van der Waals surface area contributed by atoms with Crippen LogP contribution >= 0.6 is 22.7 Å². The van der Waals surface area contributed by atoms with Gasteiger partial charge in [-0.15, -0.1) is 22.7 Å². The topological polar surface area (TPSA) is 148 Å². The molecule has 0 unspecified atom stereocenters. The summed E-state index contributed by atoms with van der Waals surface area (Å²) < 4.78 is 57.8. The summed E-state index contributed by atoms with van der Waals surface area (Å²) in [6, 6.07) is 17.6. The summed E-state index contributed by atoms with van der Waals surface area (Å²) in [6.07, 6.45) is 13.0. The highest BCUT2D eigenvalue weighted by Gasteiger charge is 2.26. The second kappa shape index (κ2) is 16.8.